The predicted octanol–water partition coefficient (Wildman–Crippen LogP) is 0.382. The van der Waals surface area contributed by atoms with Gasteiger partial charge < -0.3 is 25.0 Å². The number of ether oxygens (including phenoxy) is 2. The number of amides is 3. The molecule has 0 unspecified atom stereocenters. The molecule has 2 fully saturated rings. The molecule has 0 bridgehead atoms. The molecule has 29 heavy (non-hydrogen) atoms. The lowest BCUT2D eigenvalue weighted by molar-refractivity contribution is -0.147. The van der Waals surface area contributed by atoms with Crippen LogP contribution in [-0.4, -0.2) is 62.6 Å². The van der Waals surface area contributed by atoms with E-state index in [9.17, 15) is 19.2 Å². The first-order chi connectivity index (χ1) is 14.0. The van der Waals surface area contributed by atoms with Gasteiger partial charge in [-0.05, 0) is 43.5 Å². The molecule has 1 atom stereocenters. The summed E-state index contributed by atoms with van der Waals surface area (Å²) in [6, 6.07) is 6.60. The quantitative estimate of drug-likeness (QED) is 0.607. The summed E-state index contributed by atoms with van der Waals surface area (Å²) in [5.41, 5.74) is 1.11. The largest absolute Gasteiger partial charge is 0.454 e. The van der Waals surface area contributed by atoms with E-state index in [2.05, 4.69) is 10.6 Å². The molecule has 156 valence electrons. The maximum atomic E-state index is 12.1. The van der Waals surface area contributed by atoms with Crippen LogP contribution in [0.15, 0.2) is 24.3 Å². The lowest BCUT2D eigenvalue weighted by atomic mass is 10.2. The second kappa shape index (κ2) is 10.0. The molecule has 1 aromatic carbocycles. The van der Waals surface area contributed by atoms with Crippen molar-refractivity contribution in [3.05, 3.63) is 29.8 Å². The van der Waals surface area contributed by atoms with Gasteiger partial charge in [0, 0.05) is 37.4 Å². The third-order valence-electron chi connectivity index (χ3n) is 4.82. The molecule has 2 N–H and O–H groups in total. The first-order valence-electron chi connectivity index (χ1n) is 9.75. The van der Waals surface area contributed by atoms with Crippen molar-refractivity contribution in [2.75, 3.05) is 37.7 Å². The van der Waals surface area contributed by atoms with Gasteiger partial charge in [-0.3, -0.25) is 19.2 Å². The van der Waals surface area contributed by atoms with E-state index in [1.165, 1.54) is 0 Å². The number of esters is 1. The number of anilines is 1. The van der Waals surface area contributed by atoms with Gasteiger partial charge in [-0.25, -0.2) is 0 Å². The van der Waals surface area contributed by atoms with E-state index in [1.807, 2.05) is 0 Å². The first-order valence-corrected chi connectivity index (χ1v) is 9.75. The number of nitrogens with one attached hydrogen (secondary N) is 2. The monoisotopic (exact) mass is 403 g/mol. The van der Waals surface area contributed by atoms with Gasteiger partial charge in [0.2, 0.25) is 5.91 Å². The minimum atomic E-state index is -0.704. The van der Waals surface area contributed by atoms with Crippen molar-refractivity contribution in [3.63, 3.8) is 0 Å². The summed E-state index contributed by atoms with van der Waals surface area (Å²) in [7, 11) is 0. The molecule has 0 spiro atoms. The molecule has 0 radical (unpaired) electrons. The zero-order valence-corrected chi connectivity index (χ0v) is 16.1. The number of hydrogen-bond acceptors (Lipinski definition) is 6. The van der Waals surface area contributed by atoms with Crippen molar-refractivity contribution < 1.29 is 28.7 Å². The Labute approximate surface area is 168 Å². The summed E-state index contributed by atoms with van der Waals surface area (Å²) >= 11 is 0. The molecule has 2 aliphatic heterocycles. The highest BCUT2D eigenvalue weighted by atomic mass is 16.5. The fourth-order valence-corrected chi connectivity index (χ4v) is 3.25. The van der Waals surface area contributed by atoms with E-state index in [0.29, 0.717) is 31.7 Å². The summed E-state index contributed by atoms with van der Waals surface area (Å²) in [6.07, 6.45) is 3.27. The highest BCUT2D eigenvalue weighted by Gasteiger charge is 2.22. The summed E-state index contributed by atoms with van der Waals surface area (Å²) < 4.78 is 10.2. The Balaban J connectivity index is 1.35. The standard InChI is InChI=1S/C20H25N3O6/c24-17(21-11-16-3-2-10-28-16)13-29-19(26)12-22-20(27)14-5-7-15(8-6-14)23-9-1-4-18(23)25/h5-8,16H,1-4,9-13H2,(H,21,24)(H,22,27)/t16-/m1/s1. The SMILES string of the molecule is O=C(COC(=O)CNC(=O)c1ccc(N2CCCC2=O)cc1)NC[C@H]1CCCO1. The molecule has 2 heterocycles. The van der Waals surface area contributed by atoms with Crippen LogP contribution in [0, 0.1) is 0 Å². The molecule has 0 saturated carbocycles. The van der Waals surface area contributed by atoms with Crippen LogP contribution in [-0.2, 0) is 23.9 Å². The lowest BCUT2D eigenvalue weighted by Crippen LogP contribution is -2.36. The smallest absolute Gasteiger partial charge is 0.325 e. The number of benzene rings is 1. The molecule has 3 rings (SSSR count). The molecule has 0 aromatic heterocycles. The normalized spacial score (nSPS) is 18.6. The van der Waals surface area contributed by atoms with Crippen molar-refractivity contribution in [1.29, 1.82) is 0 Å². The molecule has 1 aromatic rings. The van der Waals surface area contributed by atoms with Gasteiger partial charge in [-0.2, -0.15) is 0 Å². The summed E-state index contributed by atoms with van der Waals surface area (Å²) in [6.45, 7) is 1.03. The van der Waals surface area contributed by atoms with Crippen molar-refractivity contribution in [1.82, 2.24) is 10.6 Å². The van der Waals surface area contributed by atoms with Crippen LogP contribution < -0.4 is 15.5 Å². The van der Waals surface area contributed by atoms with Crippen LogP contribution in [0.5, 0.6) is 0 Å². The Bertz CT molecular complexity index is 758. The number of carbonyl (C=O) groups is 4. The van der Waals surface area contributed by atoms with Gasteiger partial charge in [0.05, 0.1) is 6.10 Å². The Kier molecular flexibility index (Phi) is 7.18. The van der Waals surface area contributed by atoms with Crippen molar-refractivity contribution >= 4 is 29.4 Å². The number of rotatable bonds is 8. The zero-order valence-electron chi connectivity index (χ0n) is 16.1. The second-order valence-corrected chi connectivity index (χ2v) is 6.98. The van der Waals surface area contributed by atoms with E-state index in [-0.39, 0.29) is 18.6 Å². The van der Waals surface area contributed by atoms with Gasteiger partial charge in [0.15, 0.2) is 6.61 Å². The van der Waals surface area contributed by atoms with Gasteiger partial charge in [-0.1, -0.05) is 0 Å². The summed E-state index contributed by atoms with van der Waals surface area (Å²) in [4.78, 5) is 49.0. The number of carbonyl (C=O) groups excluding carboxylic acids is 4. The molecule has 2 saturated heterocycles. The van der Waals surface area contributed by atoms with Crippen LogP contribution in [0.4, 0.5) is 5.69 Å². The van der Waals surface area contributed by atoms with Gasteiger partial charge in [-0.15, -0.1) is 0 Å². The van der Waals surface area contributed by atoms with E-state index in [0.717, 1.165) is 24.9 Å². The van der Waals surface area contributed by atoms with Crippen molar-refractivity contribution in [2.24, 2.45) is 0 Å². The molecule has 0 aliphatic carbocycles. The third-order valence-corrected chi connectivity index (χ3v) is 4.82. The maximum Gasteiger partial charge on any atom is 0.325 e. The van der Waals surface area contributed by atoms with E-state index in [1.54, 1.807) is 29.2 Å². The van der Waals surface area contributed by atoms with Gasteiger partial charge in [0.25, 0.3) is 11.8 Å². The zero-order chi connectivity index (χ0) is 20.6. The van der Waals surface area contributed by atoms with Crippen LogP contribution in [0.2, 0.25) is 0 Å². The molecular weight excluding hydrogens is 378 g/mol. The Morgan fingerprint density at radius 1 is 1.14 bits per heavy atom. The van der Waals surface area contributed by atoms with E-state index in [4.69, 9.17) is 9.47 Å². The molecule has 9 nitrogen and oxygen atoms in total. The minimum Gasteiger partial charge on any atom is -0.454 e. The minimum absolute atomic E-state index is 0.0175. The summed E-state index contributed by atoms with van der Waals surface area (Å²) in [5, 5.41) is 5.10. The second-order valence-electron chi connectivity index (χ2n) is 6.98. The fraction of sp³-hybridized carbons (Fsp3) is 0.500. The Hall–Kier alpha value is -2.94. The van der Waals surface area contributed by atoms with Crippen LogP contribution in [0.1, 0.15) is 36.0 Å². The Morgan fingerprint density at radius 2 is 1.93 bits per heavy atom. The third kappa shape index (κ3) is 6.02. The topological polar surface area (TPSA) is 114 Å². The van der Waals surface area contributed by atoms with Crippen LogP contribution in [0.3, 0.4) is 0 Å². The highest BCUT2D eigenvalue weighted by molar-refractivity contribution is 5.98. The number of hydrogen-bond donors (Lipinski definition) is 2. The average Bonchev–Trinajstić information content (AvgIpc) is 3.40. The number of nitrogens with zero attached hydrogens (tertiary/aromatic N) is 1. The predicted molar refractivity (Wildman–Crippen MR) is 103 cm³/mol. The molecular formula is C20H25N3O6. The van der Waals surface area contributed by atoms with Crippen LogP contribution >= 0.6 is 0 Å². The van der Waals surface area contributed by atoms with Crippen LogP contribution in [0.25, 0.3) is 0 Å². The Morgan fingerprint density at radius 3 is 2.59 bits per heavy atom. The molecule has 2 aliphatic rings. The van der Waals surface area contributed by atoms with E-state index < -0.39 is 24.4 Å². The highest BCUT2D eigenvalue weighted by Crippen LogP contribution is 2.21. The summed E-state index contributed by atoms with van der Waals surface area (Å²) in [5.74, 6) is -1.48. The van der Waals surface area contributed by atoms with Crippen molar-refractivity contribution in [3.8, 4) is 0 Å². The lowest BCUT2D eigenvalue weighted by Gasteiger charge is -2.15. The van der Waals surface area contributed by atoms with Crippen molar-refractivity contribution in [2.45, 2.75) is 31.8 Å². The van der Waals surface area contributed by atoms with Gasteiger partial charge >= 0.3 is 5.97 Å². The molecule has 3 amide bonds. The molecule has 9 heteroatoms. The average molecular weight is 403 g/mol. The fourth-order valence-electron chi connectivity index (χ4n) is 3.25. The van der Waals surface area contributed by atoms with E-state index >= 15 is 0 Å². The maximum absolute atomic E-state index is 12.1. The first kappa shape index (κ1) is 20.8. The van der Waals surface area contributed by atoms with Gasteiger partial charge in [0.1, 0.15) is 6.54 Å².